The maximum Gasteiger partial charge on any atom is 0.133 e. The summed E-state index contributed by atoms with van der Waals surface area (Å²) in [6.45, 7) is 4.84. The first kappa shape index (κ1) is 18.5. The van der Waals surface area contributed by atoms with Crippen LogP contribution in [0.4, 0.5) is 5.82 Å². The number of ether oxygens (including phenoxy) is 2. The molecule has 0 amide bonds. The van der Waals surface area contributed by atoms with Gasteiger partial charge in [-0.3, -0.25) is 0 Å². The van der Waals surface area contributed by atoms with Gasteiger partial charge in [-0.25, -0.2) is 4.98 Å². The summed E-state index contributed by atoms with van der Waals surface area (Å²) in [5, 5.41) is 3.54. The third kappa shape index (κ3) is 4.88. The zero-order chi connectivity index (χ0) is 19.0. The van der Waals surface area contributed by atoms with Gasteiger partial charge in [-0.2, -0.15) is 0 Å². The number of rotatable bonds is 7. The Kier molecular flexibility index (Phi) is 6.17. The third-order valence-electron chi connectivity index (χ3n) is 4.70. The number of benzene rings is 2. The molecule has 5 heteroatoms. The van der Waals surface area contributed by atoms with Gasteiger partial charge in [0.2, 0.25) is 0 Å². The van der Waals surface area contributed by atoms with Crippen LogP contribution in [0.5, 0.6) is 11.5 Å². The second kappa shape index (κ2) is 9.35. The van der Waals surface area contributed by atoms with E-state index < -0.39 is 0 Å². The highest BCUT2D eigenvalue weighted by Gasteiger charge is 2.15. The maximum absolute atomic E-state index is 5.93. The fourth-order valence-electron chi connectivity index (χ4n) is 3.31. The van der Waals surface area contributed by atoms with Crippen LogP contribution in [0.1, 0.15) is 11.1 Å². The Morgan fingerprint density at radius 3 is 2.57 bits per heavy atom. The highest BCUT2D eigenvalue weighted by atomic mass is 16.5. The first-order valence-electron chi connectivity index (χ1n) is 9.68. The smallest absolute Gasteiger partial charge is 0.133 e. The Balaban J connectivity index is 1.36. The first-order chi connectivity index (χ1) is 13.9. The van der Waals surface area contributed by atoms with Gasteiger partial charge >= 0.3 is 0 Å². The lowest BCUT2D eigenvalue weighted by Gasteiger charge is -2.29. The van der Waals surface area contributed by atoms with E-state index in [2.05, 4.69) is 33.4 Å². The molecule has 1 aliphatic heterocycles. The summed E-state index contributed by atoms with van der Waals surface area (Å²) in [7, 11) is 0. The molecule has 4 rings (SSSR count). The van der Waals surface area contributed by atoms with Crippen molar-refractivity contribution in [2.75, 3.05) is 31.2 Å². The summed E-state index contributed by atoms with van der Waals surface area (Å²) < 4.78 is 11.4. The first-order valence-corrected chi connectivity index (χ1v) is 9.68. The van der Waals surface area contributed by atoms with E-state index in [1.807, 2.05) is 54.7 Å². The SMILES string of the molecule is c1ccc(Oc2cccc(CNCc3cccnc3N3CCOCC3)c2)cc1. The molecule has 0 radical (unpaired) electrons. The molecule has 0 spiro atoms. The molecule has 1 fully saturated rings. The lowest BCUT2D eigenvalue weighted by atomic mass is 10.2. The van der Waals surface area contributed by atoms with Crippen LogP contribution in [0.25, 0.3) is 0 Å². The average Bonchev–Trinajstić information content (AvgIpc) is 2.76. The highest BCUT2D eigenvalue weighted by molar-refractivity contribution is 5.47. The zero-order valence-electron chi connectivity index (χ0n) is 15.9. The molecule has 0 unspecified atom stereocenters. The van der Waals surface area contributed by atoms with Gasteiger partial charge in [0.1, 0.15) is 17.3 Å². The molecule has 3 aromatic rings. The molecule has 0 aliphatic carbocycles. The van der Waals surface area contributed by atoms with Crippen LogP contribution in [0.15, 0.2) is 72.9 Å². The van der Waals surface area contributed by atoms with Crippen LogP contribution in [0.3, 0.4) is 0 Å². The van der Waals surface area contributed by atoms with Crippen molar-refractivity contribution >= 4 is 5.82 Å². The summed E-state index contributed by atoms with van der Waals surface area (Å²) in [6, 6.07) is 22.2. The Morgan fingerprint density at radius 2 is 1.71 bits per heavy atom. The van der Waals surface area contributed by atoms with E-state index in [9.17, 15) is 0 Å². The molecular formula is C23H25N3O2. The Morgan fingerprint density at radius 1 is 0.893 bits per heavy atom. The van der Waals surface area contributed by atoms with Gasteiger partial charge in [-0.05, 0) is 35.9 Å². The van der Waals surface area contributed by atoms with Crippen molar-refractivity contribution in [3.05, 3.63) is 84.1 Å². The van der Waals surface area contributed by atoms with Crippen molar-refractivity contribution in [1.82, 2.24) is 10.3 Å². The molecule has 0 bridgehead atoms. The number of pyridine rings is 1. The summed E-state index contributed by atoms with van der Waals surface area (Å²) in [4.78, 5) is 6.90. The summed E-state index contributed by atoms with van der Waals surface area (Å²) >= 11 is 0. The van der Waals surface area contributed by atoms with Gasteiger partial charge in [-0.1, -0.05) is 36.4 Å². The lowest BCUT2D eigenvalue weighted by Crippen LogP contribution is -2.37. The molecule has 1 saturated heterocycles. The van der Waals surface area contributed by atoms with Gasteiger partial charge in [0, 0.05) is 37.9 Å². The fourth-order valence-corrected chi connectivity index (χ4v) is 3.31. The topological polar surface area (TPSA) is 46.6 Å². The molecule has 1 aromatic heterocycles. The van der Waals surface area contributed by atoms with Gasteiger partial charge in [0.15, 0.2) is 0 Å². The largest absolute Gasteiger partial charge is 0.457 e. The van der Waals surface area contributed by atoms with E-state index >= 15 is 0 Å². The van der Waals surface area contributed by atoms with Crippen molar-refractivity contribution in [3.8, 4) is 11.5 Å². The number of anilines is 1. The molecule has 2 heterocycles. The van der Waals surface area contributed by atoms with Crippen molar-refractivity contribution in [3.63, 3.8) is 0 Å². The summed E-state index contributed by atoms with van der Waals surface area (Å²) in [6.07, 6.45) is 1.86. The standard InChI is InChI=1S/C23H25N3O2/c1-2-8-21(9-3-1)28-22-10-4-6-19(16-22)17-24-18-20-7-5-11-25-23(20)26-12-14-27-15-13-26/h1-11,16,24H,12-15,17-18H2. The Labute approximate surface area is 165 Å². The lowest BCUT2D eigenvalue weighted by molar-refractivity contribution is 0.122. The minimum absolute atomic E-state index is 0.762. The number of aromatic nitrogens is 1. The van der Waals surface area contributed by atoms with Crippen LogP contribution >= 0.6 is 0 Å². The molecule has 28 heavy (non-hydrogen) atoms. The van der Waals surface area contributed by atoms with Crippen molar-refractivity contribution < 1.29 is 9.47 Å². The predicted octanol–water partition coefficient (Wildman–Crippen LogP) is 4.00. The monoisotopic (exact) mass is 375 g/mol. The minimum Gasteiger partial charge on any atom is -0.457 e. The molecule has 1 N–H and O–H groups in total. The van der Waals surface area contributed by atoms with E-state index in [1.54, 1.807) is 0 Å². The van der Waals surface area contributed by atoms with E-state index in [0.717, 1.165) is 56.7 Å². The normalized spacial score (nSPS) is 14.1. The quantitative estimate of drug-likeness (QED) is 0.676. The van der Waals surface area contributed by atoms with Crippen molar-refractivity contribution in [2.24, 2.45) is 0 Å². The maximum atomic E-state index is 5.93. The molecule has 0 atom stereocenters. The van der Waals surface area contributed by atoms with Crippen molar-refractivity contribution in [1.29, 1.82) is 0 Å². The average molecular weight is 375 g/mol. The van der Waals surface area contributed by atoms with Gasteiger partial charge < -0.3 is 19.7 Å². The number of nitrogens with zero attached hydrogens (tertiary/aromatic N) is 2. The fraction of sp³-hybridized carbons (Fsp3) is 0.261. The van der Waals surface area contributed by atoms with Gasteiger partial charge in [-0.15, -0.1) is 0 Å². The van der Waals surface area contributed by atoms with Crippen LogP contribution in [-0.4, -0.2) is 31.3 Å². The van der Waals surface area contributed by atoms with Gasteiger partial charge in [0.05, 0.1) is 13.2 Å². The van der Waals surface area contributed by atoms with E-state index in [0.29, 0.717) is 0 Å². The molecule has 144 valence electrons. The van der Waals surface area contributed by atoms with Crippen LogP contribution < -0.4 is 15.0 Å². The third-order valence-corrected chi connectivity index (χ3v) is 4.70. The molecule has 5 nitrogen and oxygen atoms in total. The second-order valence-electron chi connectivity index (χ2n) is 6.75. The van der Waals surface area contributed by atoms with Crippen molar-refractivity contribution in [2.45, 2.75) is 13.1 Å². The number of morpholine rings is 1. The number of para-hydroxylation sites is 1. The summed E-state index contributed by atoms with van der Waals surface area (Å²) in [5.41, 5.74) is 2.39. The highest BCUT2D eigenvalue weighted by Crippen LogP contribution is 2.22. The molecule has 1 aliphatic rings. The number of nitrogens with one attached hydrogen (secondary N) is 1. The Hall–Kier alpha value is -2.89. The molecular weight excluding hydrogens is 350 g/mol. The minimum atomic E-state index is 0.762. The second-order valence-corrected chi connectivity index (χ2v) is 6.75. The van der Waals surface area contributed by atoms with E-state index in [4.69, 9.17) is 9.47 Å². The van der Waals surface area contributed by atoms with Crippen LogP contribution in [0.2, 0.25) is 0 Å². The molecule has 0 saturated carbocycles. The zero-order valence-corrected chi connectivity index (χ0v) is 15.9. The predicted molar refractivity (Wildman–Crippen MR) is 111 cm³/mol. The van der Waals surface area contributed by atoms with Crippen LogP contribution in [0, 0.1) is 0 Å². The Bertz CT molecular complexity index is 880. The molecule has 2 aromatic carbocycles. The van der Waals surface area contributed by atoms with E-state index in [-0.39, 0.29) is 0 Å². The summed E-state index contributed by atoms with van der Waals surface area (Å²) in [5.74, 6) is 2.75. The van der Waals surface area contributed by atoms with Crippen LogP contribution in [-0.2, 0) is 17.8 Å². The number of hydrogen-bond donors (Lipinski definition) is 1. The van der Waals surface area contributed by atoms with E-state index in [1.165, 1.54) is 11.1 Å². The number of hydrogen-bond acceptors (Lipinski definition) is 5. The van der Waals surface area contributed by atoms with Gasteiger partial charge in [0.25, 0.3) is 0 Å².